The third-order valence-electron chi connectivity index (χ3n) is 4.95. The van der Waals surface area contributed by atoms with Crippen molar-refractivity contribution >= 4 is 0 Å². The number of benzene rings is 1. The first-order valence-electron chi connectivity index (χ1n) is 8.45. The Morgan fingerprint density at radius 1 is 1.11 bits per heavy atom. The molecule has 0 aliphatic carbocycles. The lowest BCUT2D eigenvalue weighted by molar-refractivity contribution is 0.0278. The summed E-state index contributed by atoms with van der Waals surface area (Å²) in [6.45, 7) is 0.442. The van der Waals surface area contributed by atoms with E-state index >= 15 is 0 Å². The van der Waals surface area contributed by atoms with E-state index < -0.39 is 6.23 Å². The van der Waals surface area contributed by atoms with Gasteiger partial charge < -0.3 is 29.4 Å². The standard InChI is InChI=1S/C18H24N4O5/c1-23-8-11-15-14(10(7-19)17(20)27-18(15)22-21-11)9-5-12(24-2)16(26-4)13(6-9)25-3/h5-6,11,14-15,18,21-22H,8,20H2,1-4H3. The fourth-order valence-corrected chi connectivity index (χ4v) is 3.78. The Bertz CT molecular complexity index is 751. The molecule has 4 unspecified atom stereocenters. The van der Waals surface area contributed by atoms with E-state index in [1.165, 1.54) is 0 Å². The van der Waals surface area contributed by atoms with Crippen molar-refractivity contribution in [1.82, 2.24) is 10.9 Å². The summed E-state index contributed by atoms with van der Waals surface area (Å²) in [6.07, 6.45) is -0.397. The number of nitrogens with two attached hydrogens (primary N) is 1. The van der Waals surface area contributed by atoms with E-state index in [4.69, 9.17) is 29.4 Å². The molecule has 4 N–H and O–H groups in total. The van der Waals surface area contributed by atoms with E-state index in [-0.39, 0.29) is 23.8 Å². The van der Waals surface area contributed by atoms with Gasteiger partial charge in [0.2, 0.25) is 11.6 Å². The van der Waals surface area contributed by atoms with Gasteiger partial charge in [-0.2, -0.15) is 5.26 Å². The fourth-order valence-electron chi connectivity index (χ4n) is 3.78. The molecule has 4 atom stereocenters. The molecule has 2 heterocycles. The summed E-state index contributed by atoms with van der Waals surface area (Å²) in [5.74, 6) is 1.13. The van der Waals surface area contributed by atoms with Crippen molar-refractivity contribution in [1.29, 1.82) is 5.26 Å². The minimum absolute atomic E-state index is 0.0828. The van der Waals surface area contributed by atoms with Crippen LogP contribution >= 0.6 is 0 Å². The van der Waals surface area contributed by atoms with Gasteiger partial charge in [-0.15, -0.1) is 0 Å². The van der Waals surface area contributed by atoms with Crippen LogP contribution in [0.2, 0.25) is 0 Å². The first-order valence-corrected chi connectivity index (χ1v) is 8.45. The maximum absolute atomic E-state index is 9.76. The zero-order valence-electron chi connectivity index (χ0n) is 15.7. The van der Waals surface area contributed by atoms with Gasteiger partial charge in [0.05, 0.1) is 39.6 Å². The highest BCUT2D eigenvalue weighted by Gasteiger charge is 2.49. The average molecular weight is 376 g/mol. The Morgan fingerprint density at radius 2 is 1.78 bits per heavy atom. The summed E-state index contributed by atoms with van der Waals surface area (Å²) >= 11 is 0. The van der Waals surface area contributed by atoms with Crippen molar-refractivity contribution in [2.75, 3.05) is 35.0 Å². The van der Waals surface area contributed by atoms with Crippen LogP contribution in [0.1, 0.15) is 11.5 Å². The summed E-state index contributed by atoms with van der Waals surface area (Å²) in [7, 11) is 6.27. The molecular formula is C18H24N4O5. The minimum Gasteiger partial charge on any atom is -0.493 e. The molecule has 9 nitrogen and oxygen atoms in total. The number of allylic oxidation sites excluding steroid dienone is 1. The van der Waals surface area contributed by atoms with Gasteiger partial charge in [-0.25, -0.2) is 10.9 Å². The molecule has 1 aromatic rings. The predicted octanol–water partition coefficient (Wildman–Crippen LogP) is 0.585. The molecule has 3 rings (SSSR count). The van der Waals surface area contributed by atoms with Crippen LogP contribution < -0.4 is 30.8 Å². The second-order valence-corrected chi connectivity index (χ2v) is 6.29. The SMILES string of the molecule is COCC1NNC2OC(N)=C(C#N)C(c3cc(OC)c(OC)c(OC)c3)C12. The summed E-state index contributed by atoms with van der Waals surface area (Å²) in [5, 5.41) is 9.76. The van der Waals surface area contributed by atoms with Crippen LogP contribution in [0.5, 0.6) is 17.2 Å². The second kappa shape index (κ2) is 7.92. The van der Waals surface area contributed by atoms with Gasteiger partial charge in [0.25, 0.3) is 0 Å². The maximum atomic E-state index is 9.76. The Morgan fingerprint density at radius 3 is 2.30 bits per heavy atom. The number of methoxy groups -OCH3 is 4. The van der Waals surface area contributed by atoms with Crippen molar-refractivity contribution in [2.45, 2.75) is 18.2 Å². The molecule has 2 aliphatic heterocycles. The van der Waals surface area contributed by atoms with Crippen LogP contribution in [0.4, 0.5) is 0 Å². The predicted molar refractivity (Wildman–Crippen MR) is 96.0 cm³/mol. The number of hydrogen-bond donors (Lipinski definition) is 3. The molecule has 1 saturated heterocycles. The van der Waals surface area contributed by atoms with Crippen molar-refractivity contribution in [3.63, 3.8) is 0 Å². The summed E-state index contributed by atoms with van der Waals surface area (Å²) in [4.78, 5) is 0. The number of nitrogens with one attached hydrogen (secondary N) is 2. The largest absolute Gasteiger partial charge is 0.493 e. The lowest BCUT2D eigenvalue weighted by Crippen LogP contribution is -2.42. The highest BCUT2D eigenvalue weighted by atomic mass is 16.5. The molecule has 0 amide bonds. The van der Waals surface area contributed by atoms with Crippen LogP contribution in [-0.2, 0) is 9.47 Å². The molecule has 1 aromatic carbocycles. The maximum Gasteiger partial charge on any atom is 0.203 e. The van der Waals surface area contributed by atoms with Crippen LogP contribution in [0.3, 0.4) is 0 Å². The van der Waals surface area contributed by atoms with Crippen molar-refractivity contribution in [2.24, 2.45) is 11.7 Å². The zero-order chi connectivity index (χ0) is 19.6. The van der Waals surface area contributed by atoms with Crippen LogP contribution in [0.25, 0.3) is 0 Å². The quantitative estimate of drug-likeness (QED) is 0.655. The summed E-state index contributed by atoms with van der Waals surface area (Å²) in [5.41, 5.74) is 13.5. The van der Waals surface area contributed by atoms with Crippen LogP contribution in [0, 0.1) is 17.2 Å². The number of hydrogen-bond acceptors (Lipinski definition) is 9. The number of hydrazine groups is 1. The first kappa shape index (κ1) is 19.1. The lowest BCUT2D eigenvalue weighted by Gasteiger charge is -2.36. The monoisotopic (exact) mass is 376 g/mol. The summed E-state index contributed by atoms with van der Waals surface area (Å²) < 4.78 is 27.4. The highest BCUT2D eigenvalue weighted by Crippen LogP contribution is 2.47. The molecule has 0 spiro atoms. The average Bonchev–Trinajstić information content (AvgIpc) is 3.07. The van der Waals surface area contributed by atoms with Gasteiger partial charge in [-0.05, 0) is 17.7 Å². The minimum atomic E-state index is -0.397. The van der Waals surface area contributed by atoms with E-state index in [1.54, 1.807) is 28.4 Å². The van der Waals surface area contributed by atoms with E-state index in [0.29, 0.717) is 29.4 Å². The van der Waals surface area contributed by atoms with Gasteiger partial charge in [0.15, 0.2) is 17.7 Å². The Kier molecular flexibility index (Phi) is 5.60. The molecule has 2 aliphatic rings. The third-order valence-corrected chi connectivity index (χ3v) is 4.95. The first-order chi connectivity index (χ1) is 13.1. The highest BCUT2D eigenvalue weighted by molar-refractivity contribution is 5.56. The smallest absolute Gasteiger partial charge is 0.203 e. The molecular weight excluding hydrogens is 352 g/mol. The molecule has 9 heteroatoms. The topological polar surface area (TPSA) is 120 Å². The normalized spacial score (nSPS) is 26.8. The lowest BCUT2D eigenvalue weighted by atomic mass is 9.75. The molecule has 0 saturated carbocycles. The van der Waals surface area contributed by atoms with Gasteiger partial charge >= 0.3 is 0 Å². The van der Waals surface area contributed by atoms with E-state index in [1.807, 2.05) is 12.1 Å². The van der Waals surface area contributed by atoms with Gasteiger partial charge in [0.1, 0.15) is 6.07 Å². The zero-order valence-corrected chi connectivity index (χ0v) is 15.7. The number of nitrogens with zero attached hydrogens (tertiary/aromatic N) is 1. The molecule has 146 valence electrons. The van der Waals surface area contributed by atoms with Crippen molar-refractivity contribution in [3.05, 3.63) is 29.2 Å². The number of rotatable bonds is 6. The number of nitriles is 1. The van der Waals surface area contributed by atoms with Crippen molar-refractivity contribution < 1.29 is 23.7 Å². The Hall–Kier alpha value is -2.67. The number of fused-ring (bicyclic) bond motifs is 1. The van der Waals surface area contributed by atoms with Crippen LogP contribution in [0.15, 0.2) is 23.6 Å². The van der Waals surface area contributed by atoms with Crippen molar-refractivity contribution in [3.8, 4) is 23.3 Å². The van der Waals surface area contributed by atoms with Gasteiger partial charge in [-0.1, -0.05) is 0 Å². The molecule has 0 bridgehead atoms. The van der Waals surface area contributed by atoms with Gasteiger partial charge in [-0.3, -0.25) is 0 Å². The fraction of sp³-hybridized carbons (Fsp3) is 0.500. The van der Waals surface area contributed by atoms with Gasteiger partial charge in [0, 0.05) is 18.9 Å². The van der Waals surface area contributed by atoms with E-state index in [9.17, 15) is 5.26 Å². The number of ether oxygens (including phenoxy) is 5. The molecule has 27 heavy (non-hydrogen) atoms. The molecule has 1 fully saturated rings. The summed E-state index contributed by atoms with van der Waals surface area (Å²) in [6, 6.07) is 5.79. The third kappa shape index (κ3) is 3.23. The molecule has 0 radical (unpaired) electrons. The second-order valence-electron chi connectivity index (χ2n) is 6.29. The van der Waals surface area contributed by atoms with E-state index in [2.05, 4.69) is 16.9 Å². The Balaban J connectivity index is 2.16. The van der Waals surface area contributed by atoms with E-state index in [0.717, 1.165) is 5.56 Å². The Labute approximate surface area is 157 Å². The molecule has 0 aromatic heterocycles. The van der Waals surface area contributed by atoms with Crippen LogP contribution in [-0.4, -0.2) is 47.3 Å².